The second kappa shape index (κ2) is 5.78. The zero-order chi connectivity index (χ0) is 15.5. The van der Waals surface area contributed by atoms with E-state index < -0.39 is 10.7 Å². The summed E-state index contributed by atoms with van der Waals surface area (Å²) >= 11 is 1.44. The standard InChI is InChI=1S/C14H10N4O3S/c19-13-9(4-3-6-11(13)18(20)21)8-15-17-14-16-10-5-1-2-7-12(10)22-14/h1-8,19H,(H,16,17)/b15-8-. The predicted molar refractivity (Wildman–Crippen MR) is 85.6 cm³/mol. The maximum Gasteiger partial charge on any atom is 0.311 e. The summed E-state index contributed by atoms with van der Waals surface area (Å²) in [7, 11) is 0. The summed E-state index contributed by atoms with van der Waals surface area (Å²) < 4.78 is 1.03. The molecule has 0 aliphatic heterocycles. The number of nitrogens with one attached hydrogen (secondary N) is 1. The van der Waals surface area contributed by atoms with E-state index in [2.05, 4.69) is 15.5 Å². The monoisotopic (exact) mass is 314 g/mol. The Hall–Kier alpha value is -3.00. The number of rotatable bonds is 4. The van der Waals surface area contributed by atoms with E-state index in [0.29, 0.717) is 5.13 Å². The van der Waals surface area contributed by atoms with E-state index in [1.165, 1.54) is 35.8 Å². The van der Waals surface area contributed by atoms with Crippen LogP contribution >= 0.6 is 11.3 Å². The molecule has 7 nitrogen and oxygen atoms in total. The van der Waals surface area contributed by atoms with Crippen LogP contribution < -0.4 is 5.43 Å². The Labute approximate surface area is 128 Å². The van der Waals surface area contributed by atoms with Gasteiger partial charge in [0.05, 0.1) is 21.4 Å². The molecule has 0 spiro atoms. The van der Waals surface area contributed by atoms with Gasteiger partial charge in [-0.1, -0.05) is 29.5 Å². The number of benzene rings is 2. The maximum absolute atomic E-state index is 10.7. The Bertz CT molecular complexity index is 842. The van der Waals surface area contributed by atoms with E-state index in [1.807, 2.05) is 24.3 Å². The first-order valence-electron chi connectivity index (χ1n) is 6.26. The number of phenolic OH excluding ortho intramolecular Hbond substituents is 1. The van der Waals surface area contributed by atoms with Crippen molar-refractivity contribution in [3.63, 3.8) is 0 Å². The maximum atomic E-state index is 10.7. The fourth-order valence-corrected chi connectivity index (χ4v) is 2.69. The Balaban J connectivity index is 1.80. The lowest BCUT2D eigenvalue weighted by molar-refractivity contribution is -0.385. The highest BCUT2D eigenvalue weighted by atomic mass is 32.1. The molecular weight excluding hydrogens is 304 g/mol. The molecule has 0 amide bonds. The van der Waals surface area contributed by atoms with E-state index in [0.717, 1.165) is 10.2 Å². The first-order chi connectivity index (χ1) is 10.6. The molecule has 0 radical (unpaired) electrons. The molecule has 0 saturated carbocycles. The third-order valence-electron chi connectivity index (χ3n) is 2.90. The first kappa shape index (κ1) is 14.0. The number of hydrogen-bond donors (Lipinski definition) is 2. The summed E-state index contributed by atoms with van der Waals surface area (Å²) in [5.41, 5.74) is 3.51. The molecule has 22 heavy (non-hydrogen) atoms. The number of aromatic hydroxyl groups is 1. The molecule has 0 aliphatic rings. The Kier molecular flexibility index (Phi) is 3.67. The van der Waals surface area contributed by atoms with Gasteiger partial charge in [-0.05, 0) is 18.2 Å². The van der Waals surface area contributed by atoms with Crippen LogP contribution in [0.15, 0.2) is 47.6 Å². The van der Waals surface area contributed by atoms with Gasteiger partial charge in [0.25, 0.3) is 0 Å². The van der Waals surface area contributed by atoms with Crippen LogP contribution in [0.4, 0.5) is 10.8 Å². The Morgan fingerprint density at radius 2 is 2.09 bits per heavy atom. The lowest BCUT2D eigenvalue weighted by atomic mass is 10.2. The summed E-state index contributed by atoms with van der Waals surface area (Å²) in [6, 6.07) is 11.9. The minimum atomic E-state index is -0.645. The Morgan fingerprint density at radius 3 is 2.86 bits per heavy atom. The van der Waals surface area contributed by atoms with Crippen molar-refractivity contribution in [1.82, 2.24) is 4.98 Å². The summed E-state index contributed by atoms with van der Waals surface area (Å²) in [6.45, 7) is 0. The normalized spacial score (nSPS) is 11.1. The fraction of sp³-hybridized carbons (Fsp3) is 0. The molecule has 2 N–H and O–H groups in total. The van der Waals surface area contributed by atoms with Gasteiger partial charge in [0, 0.05) is 11.6 Å². The summed E-state index contributed by atoms with van der Waals surface area (Å²) in [5.74, 6) is -0.414. The highest BCUT2D eigenvalue weighted by Gasteiger charge is 2.15. The zero-order valence-corrected chi connectivity index (χ0v) is 11.9. The number of hydrazone groups is 1. The molecule has 110 valence electrons. The van der Waals surface area contributed by atoms with Crippen LogP contribution in [-0.4, -0.2) is 21.2 Å². The number of anilines is 1. The van der Waals surface area contributed by atoms with Crippen molar-refractivity contribution in [2.24, 2.45) is 5.10 Å². The van der Waals surface area contributed by atoms with Gasteiger partial charge >= 0.3 is 5.69 Å². The molecule has 2 aromatic carbocycles. The second-order valence-electron chi connectivity index (χ2n) is 4.33. The van der Waals surface area contributed by atoms with Crippen LogP contribution in [0.3, 0.4) is 0 Å². The lowest BCUT2D eigenvalue weighted by Gasteiger charge is -1.99. The third-order valence-corrected chi connectivity index (χ3v) is 3.84. The van der Waals surface area contributed by atoms with Gasteiger partial charge in [-0.3, -0.25) is 15.5 Å². The summed E-state index contributed by atoms with van der Waals surface area (Å²) in [6.07, 6.45) is 1.31. The van der Waals surface area contributed by atoms with Crippen molar-refractivity contribution >= 4 is 38.6 Å². The van der Waals surface area contributed by atoms with Gasteiger partial charge in [-0.2, -0.15) is 5.10 Å². The molecule has 1 heterocycles. The number of hydrogen-bond acceptors (Lipinski definition) is 7. The van der Waals surface area contributed by atoms with Crippen molar-refractivity contribution in [2.75, 3.05) is 5.43 Å². The van der Waals surface area contributed by atoms with Gasteiger partial charge in [-0.15, -0.1) is 0 Å². The number of nitrogens with zero attached hydrogens (tertiary/aromatic N) is 3. The number of para-hydroxylation sites is 2. The van der Waals surface area contributed by atoms with Crippen LogP contribution in [0.2, 0.25) is 0 Å². The number of nitro benzene ring substituents is 1. The third kappa shape index (κ3) is 2.72. The van der Waals surface area contributed by atoms with Crippen molar-refractivity contribution in [3.8, 4) is 5.75 Å². The van der Waals surface area contributed by atoms with E-state index in [4.69, 9.17) is 0 Å². The highest BCUT2D eigenvalue weighted by Crippen LogP contribution is 2.28. The SMILES string of the molecule is O=[N+]([O-])c1cccc(/C=N\Nc2nc3ccccc3s2)c1O. The molecule has 1 aromatic heterocycles. The first-order valence-corrected chi connectivity index (χ1v) is 7.08. The van der Waals surface area contributed by atoms with Crippen molar-refractivity contribution in [1.29, 1.82) is 0 Å². The van der Waals surface area contributed by atoms with Gasteiger partial charge < -0.3 is 5.11 Å². The summed E-state index contributed by atoms with van der Waals surface area (Å²) in [5, 5.41) is 25.1. The minimum absolute atomic E-state index is 0.253. The second-order valence-corrected chi connectivity index (χ2v) is 5.36. The van der Waals surface area contributed by atoms with E-state index in [1.54, 1.807) is 0 Å². The lowest BCUT2D eigenvalue weighted by Crippen LogP contribution is -1.93. The van der Waals surface area contributed by atoms with E-state index in [9.17, 15) is 15.2 Å². The number of thiazole rings is 1. The highest BCUT2D eigenvalue weighted by molar-refractivity contribution is 7.22. The smallest absolute Gasteiger partial charge is 0.311 e. The van der Waals surface area contributed by atoms with Crippen LogP contribution in [0.5, 0.6) is 5.75 Å². The average Bonchev–Trinajstić information content (AvgIpc) is 2.91. The fourth-order valence-electron chi connectivity index (χ4n) is 1.88. The average molecular weight is 314 g/mol. The largest absolute Gasteiger partial charge is 0.502 e. The number of phenols is 1. The van der Waals surface area contributed by atoms with Crippen molar-refractivity contribution in [2.45, 2.75) is 0 Å². The van der Waals surface area contributed by atoms with Crippen LogP contribution in [-0.2, 0) is 0 Å². The van der Waals surface area contributed by atoms with Crippen LogP contribution in [0, 0.1) is 10.1 Å². The number of fused-ring (bicyclic) bond motifs is 1. The van der Waals surface area contributed by atoms with Crippen LogP contribution in [0.1, 0.15) is 5.56 Å². The number of aromatic nitrogens is 1. The van der Waals surface area contributed by atoms with Gasteiger partial charge in [0.15, 0.2) is 0 Å². The van der Waals surface area contributed by atoms with Crippen molar-refractivity contribution < 1.29 is 10.0 Å². The topological polar surface area (TPSA) is 101 Å². The van der Waals surface area contributed by atoms with E-state index in [-0.39, 0.29) is 11.3 Å². The molecule has 3 aromatic rings. The molecule has 0 atom stereocenters. The minimum Gasteiger partial charge on any atom is -0.502 e. The molecule has 0 unspecified atom stereocenters. The molecule has 8 heteroatoms. The van der Waals surface area contributed by atoms with Crippen LogP contribution in [0.25, 0.3) is 10.2 Å². The molecule has 0 aliphatic carbocycles. The quantitative estimate of drug-likeness (QED) is 0.437. The number of nitro groups is 1. The summed E-state index contributed by atoms with van der Waals surface area (Å²) in [4.78, 5) is 14.4. The van der Waals surface area contributed by atoms with Crippen molar-refractivity contribution in [3.05, 3.63) is 58.1 Å². The van der Waals surface area contributed by atoms with Gasteiger partial charge in [0.1, 0.15) is 0 Å². The molecule has 0 saturated heterocycles. The molecule has 3 rings (SSSR count). The van der Waals surface area contributed by atoms with Gasteiger partial charge in [0.2, 0.25) is 10.9 Å². The van der Waals surface area contributed by atoms with E-state index >= 15 is 0 Å². The predicted octanol–water partition coefficient (Wildman–Crippen LogP) is 3.36. The molecule has 0 fully saturated rings. The zero-order valence-electron chi connectivity index (χ0n) is 11.1. The molecule has 0 bridgehead atoms. The van der Waals surface area contributed by atoms with Gasteiger partial charge in [-0.25, -0.2) is 4.98 Å². The molecular formula is C14H10N4O3S. The Morgan fingerprint density at radius 1 is 1.27 bits per heavy atom.